The lowest BCUT2D eigenvalue weighted by Gasteiger charge is -2.19. The van der Waals surface area contributed by atoms with Crippen LogP contribution in [0, 0.1) is 5.92 Å². The average molecular weight is 292 g/mol. The summed E-state index contributed by atoms with van der Waals surface area (Å²) >= 11 is 0. The van der Waals surface area contributed by atoms with Gasteiger partial charge in [-0.3, -0.25) is 0 Å². The molecule has 2 N–H and O–H groups in total. The van der Waals surface area contributed by atoms with Gasteiger partial charge in [0.05, 0.1) is 0 Å². The van der Waals surface area contributed by atoms with Crippen molar-refractivity contribution in [3.63, 3.8) is 0 Å². The number of rotatable bonds is 8. The topological polar surface area (TPSA) is 49.8 Å². The Morgan fingerprint density at radius 3 is 2.10 bits per heavy atom. The van der Waals surface area contributed by atoms with Crippen molar-refractivity contribution in [2.24, 2.45) is 5.92 Å². The number of nitrogens with one attached hydrogen (secondary N) is 2. The van der Waals surface area contributed by atoms with E-state index in [2.05, 4.69) is 62.1 Å². The van der Waals surface area contributed by atoms with Crippen LogP contribution >= 0.6 is 0 Å². The first-order valence-corrected chi connectivity index (χ1v) is 8.20. The predicted molar refractivity (Wildman–Crippen MR) is 92.1 cm³/mol. The van der Waals surface area contributed by atoms with Crippen LogP contribution in [-0.4, -0.2) is 23.1 Å². The van der Waals surface area contributed by atoms with E-state index in [1.807, 2.05) is 6.07 Å². The molecular weight excluding hydrogens is 260 g/mol. The van der Waals surface area contributed by atoms with Crippen LogP contribution in [0.2, 0.25) is 0 Å². The van der Waals surface area contributed by atoms with Gasteiger partial charge in [-0.15, -0.1) is 0 Å². The standard InChI is InChI=1S/C17H32N4/c1-7-10-18-14-12-15(19-11-8-9-13(2)3)21-16(20-14)17(4,5)6/h12-13H,7-11H2,1-6H3,(H2,18,19,20,21). The van der Waals surface area contributed by atoms with Gasteiger partial charge < -0.3 is 10.6 Å². The monoisotopic (exact) mass is 292 g/mol. The minimum absolute atomic E-state index is 0.0434. The molecule has 4 nitrogen and oxygen atoms in total. The molecule has 1 aromatic heterocycles. The molecule has 1 rings (SSSR count). The van der Waals surface area contributed by atoms with Crippen LogP contribution in [0.15, 0.2) is 6.07 Å². The number of aromatic nitrogens is 2. The fraction of sp³-hybridized carbons (Fsp3) is 0.765. The smallest absolute Gasteiger partial charge is 0.138 e. The van der Waals surface area contributed by atoms with Gasteiger partial charge in [-0.25, -0.2) is 9.97 Å². The van der Waals surface area contributed by atoms with Crippen molar-refractivity contribution in [2.75, 3.05) is 23.7 Å². The number of nitrogens with zero attached hydrogens (tertiary/aromatic N) is 2. The highest BCUT2D eigenvalue weighted by molar-refractivity contribution is 5.48. The highest BCUT2D eigenvalue weighted by Crippen LogP contribution is 2.22. The third-order valence-corrected chi connectivity index (χ3v) is 3.22. The Balaban J connectivity index is 2.76. The van der Waals surface area contributed by atoms with Crippen LogP contribution < -0.4 is 10.6 Å². The zero-order chi connectivity index (χ0) is 15.9. The van der Waals surface area contributed by atoms with Crippen molar-refractivity contribution in [3.8, 4) is 0 Å². The quantitative estimate of drug-likeness (QED) is 0.695. The summed E-state index contributed by atoms with van der Waals surface area (Å²) in [4.78, 5) is 9.30. The van der Waals surface area contributed by atoms with Crippen LogP contribution in [0.25, 0.3) is 0 Å². The fourth-order valence-corrected chi connectivity index (χ4v) is 1.94. The van der Waals surface area contributed by atoms with E-state index in [4.69, 9.17) is 0 Å². The zero-order valence-electron chi connectivity index (χ0n) is 14.6. The molecule has 0 aliphatic carbocycles. The molecule has 21 heavy (non-hydrogen) atoms. The van der Waals surface area contributed by atoms with Crippen LogP contribution in [0.4, 0.5) is 11.6 Å². The largest absolute Gasteiger partial charge is 0.370 e. The molecular formula is C17H32N4. The van der Waals surface area contributed by atoms with E-state index in [0.717, 1.165) is 42.9 Å². The van der Waals surface area contributed by atoms with Crippen molar-refractivity contribution >= 4 is 11.6 Å². The zero-order valence-corrected chi connectivity index (χ0v) is 14.6. The van der Waals surface area contributed by atoms with Crippen molar-refractivity contribution < 1.29 is 0 Å². The van der Waals surface area contributed by atoms with E-state index < -0.39 is 0 Å². The van der Waals surface area contributed by atoms with Crippen LogP contribution in [0.1, 0.15) is 66.6 Å². The SMILES string of the molecule is CCCNc1cc(NCCCC(C)C)nc(C(C)(C)C)n1. The molecule has 120 valence electrons. The summed E-state index contributed by atoms with van der Waals surface area (Å²) in [5.41, 5.74) is -0.0434. The van der Waals surface area contributed by atoms with Gasteiger partial charge in [0, 0.05) is 24.6 Å². The average Bonchev–Trinajstić information content (AvgIpc) is 2.40. The fourth-order valence-electron chi connectivity index (χ4n) is 1.94. The molecule has 0 amide bonds. The minimum Gasteiger partial charge on any atom is -0.370 e. The maximum Gasteiger partial charge on any atom is 0.138 e. The molecule has 0 aliphatic rings. The molecule has 1 aromatic rings. The molecule has 0 unspecified atom stereocenters. The van der Waals surface area contributed by atoms with Gasteiger partial charge in [0.1, 0.15) is 17.5 Å². The number of hydrogen-bond donors (Lipinski definition) is 2. The van der Waals surface area contributed by atoms with Gasteiger partial charge in [-0.05, 0) is 25.2 Å². The molecule has 0 aromatic carbocycles. The summed E-state index contributed by atoms with van der Waals surface area (Å²) < 4.78 is 0. The van der Waals surface area contributed by atoms with Gasteiger partial charge >= 0.3 is 0 Å². The van der Waals surface area contributed by atoms with Gasteiger partial charge in [-0.1, -0.05) is 41.5 Å². The van der Waals surface area contributed by atoms with E-state index in [1.165, 1.54) is 12.8 Å². The molecule has 0 saturated carbocycles. The molecule has 0 spiro atoms. The second kappa shape index (κ2) is 8.20. The summed E-state index contributed by atoms with van der Waals surface area (Å²) in [5, 5.41) is 6.80. The van der Waals surface area contributed by atoms with Crippen molar-refractivity contribution in [2.45, 2.75) is 66.2 Å². The highest BCUT2D eigenvalue weighted by Gasteiger charge is 2.19. The molecule has 1 heterocycles. The van der Waals surface area contributed by atoms with Crippen molar-refractivity contribution in [3.05, 3.63) is 11.9 Å². The normalized spacial score (nSPS) is 11.8. The van der Waals surface area contributed by atoms with Crippen molar-refractivity contribution in [1.29, 1.82) is 0 Å². The predicted octanol–water partition coefficient (Wildman–Crippen LogP) is 4.44. The first kappa shape index (κ1) is 17.7. The van der Waals surface area contributed by atoms with Crippen LogP contribution in [0.3, 0.4) is 0 Å². The van der Waals surface area contributed by atoms with Gasteiger partial charge in [0.25, 0.3) is 0 Å². The summed E-state index contributed by atoms with van der Waals surface area (Å²) in [5.74, 6) is 3.49. The third kappa shape index (κ3) is 6.78. The lowest BCUT2D eigenvalue weighted by atomic mass is 9.96. The van der Waals surface area contributed by atoms with E-state index in [9.17, 15) is 0 Å². The molecule has 0 bridgehead atoms. The Labute approximate surface area is 130 Å². The lowest BCUT2D eigenvalue weighted by molar-refractivity contribution is 0.545. The Morgan fingerprint density at radius 2 is 1.62 bits per heavy atom. The Kier molecular flexibility index (Phi) is 6.93. The molecule has 4 heteroatoms. The summed E-state index contributed by atoms with van der Waals surface area (Å²) in [6, 6.07) is 2.01. The van der Waals surface area contributed by atoms with Crippen molar-refractivity contribution in [1.82, 2.24) is 9.97 Å². The molecule has 0 aliphatic heterocycles. The Hall–Kier alpha value is -1.32. The second-order valence-electron chi connectivity index (χ2n) is 7.10. The van der Waals surface area contributed by atoms with E-state index in [-0.39, 0.29) is 5.41 Å². The van der Waals surface area contributed by atoms with Crippen LogP contribution in [0.5, 0.6) is 0 Å². The third-order valence-electron chi connectivity index (χ3n) is 3.22. The summed E-state index contributed by atoms with van der Waals surface area (Å²) in [6.45, 7) is 15.0. The maximum atomic E-state index is 4.67. The first-order valence-electron chi connectivity index (χ1n) is 8.20. The Morgan fingerprint density at radius 1 is 1.05 bits per heavy atom. The van der Waals surface area contributed by atoms with Crippen LogP contribution in [-0.2, 0) is 5.41 Å². The van der Waals surface area contributed by atoms with E-state index in [0.29, 0.717) is 0 Å². The molecule has 0 fully saturated rings. The summed E-state index contributed by atoms with van der Waals surface area (Å²) in [7, 11) is 0. The molecule has 0 atom stereocenters. The summed E-state index contributed by atoms with van der Waals surface area (Å²) in [6.07, 6.45) is 3.50. The van der Waals surface area contributed by atoms with Gasteiger partial charge in [0.2, 0.25) is 0 Å². The van der Waals surface area contributed by atoms with Gasteiger partial charge in [0.15, 0.2) is 0 Å². The number of hydrogen-bond acceptors (Lipinski definition) is 4. The van der Waals surface area contributed by atoms with Gasteiger partial charge in [-0.2, -0.15) is 0 Å². The Bertz CT molecular complexity index is 421. The maximum absolute atomic E-state index is 4.67. The van der Waals surface area contributed by atoms with E-state index in [1.54, 1.807) is 0 Å². The highest BCUT2D eigenvalue weighted by atomic mass is 15.1. The number of anilines is 2. The second-order valence-corrected chi connectivity index (χ2v) is 7.10. The lowest BCUT2D eigenvalue weighted by Crippen LogP contribution is -2.19. The minimum atomic E-state index is -0.0434. The molecule has 0 saturated heterocycles. The first-order chi connectivity index (χ1) is 9.82. The molecule has 0 radical (unpaired) electrons. The van der Waals surface area contributed by atoms with E-state index >= 15 is 0 Å².